The maximum absolute atomic E-state index is 9.32. The fraction of sp³-hybridized carbons (Fsp3) is 0.235. The van der Waals surface area contributed by atoms with E-state index in [0.29, 0.717) is 16.4 Å². The Morgan fingerprint density at radius 3 is 2.43 bits per heavy atom. The van der Waals surface area contributed by atoms with Crippen molar-refractivity contribution in [1.29, 1.82) is 5.26 Å². The lowest BCUT2D eigenvalue weighted by atomic mass is 10.1. The van der Waals surface area contributed by atoms with Crippen molar-refractivity contribution >= 4 is 29.1 Å². The normalized spacial score (nSPS) is 11.2. The first kappa shape index (κ1) is 15.2. The number of anilines is 1. The van der Waals surface area contributed by atoms with Crippen molar-refractivity contribution in [3.63, 3.8) is 0 Å². The van der Waals surface area contributed by atoms with Gasteiger partial charge in [-0.15, -0.1) is 0 Å². The Kier molecular flexibility index (Phi) is 5.08. The number of rotatable bonds is 5. The van der Waals surface area contributed by atoms with E-state index in [0.717, 1.165) is 24.5 Å². The summed E-state index contributed by atoms with van der Waals surface area (Å²) < 4.78 is 5.78. The summed E-state index contributed by atoms with van der Waals surface area (Å²) in [6, 6.07) is 13.2. The summed E-state index contributed by atoms with van der Waals surface area (Å²) in [5.74, 6) is 1.49. The molecule has 0 saturated heterocycles. The van der Waals surface area contributed by atoms with Gasteiger partial charge >= 0.3 is 0 Å². The summed E-state index contributed by atoms with van der Waals surface area (Å²) >= 11 is 5.86. The average molecular weight is 301 g/mol. The number of nitriles is 1. The molecule has 0 radical (unpaired) electrons. The molecule has 0 amide bonds. The van der Waals surface area contributed by atoms with Crippen LogP contribution >= 0.6 is 11.6 Å². The van der Waals surface area contributed by atoms with Gasteiger partial charge in [-0.25, -0.2) is 0 Å². The third kappa shape index (κ3) is 3.68. The number of furan rings is 1. The zero-order chi connectivity index (χ0) is 15.2. The number of allylic oxidation sites excluding steroid dienone is 1. The van der Waals surface area contributed by atoms with Gasteiger partial charge in [-0.05, 0) is 43.7 Å². The molecule has 0 aliphatic heterocycles. The van der Waals surface area contributed by atoms with Crippen LogP contribution in [0, 0.1) is 11.3 Å². The van der Waals surface area contributed by atoms with E-state index in [1.165, 1.54) is 0 Å². The lowest BCUT2D eigenvalue weighted by molar-refractivity contribution is 0.541. The van der Waals surface area contributed by atoms with Gasteiger partial charge < -0.3 is 9.32 Å². The Balaban J connectivity index is 2.29. The molecule has 21 heavy (non-hydrogen) atoms. The second-order valence-corrected chi connectivity index (χ2v) is 4.96. The second-order valence-electron chi connectivity index (χ2n) is 4.53. The average Bonchev–Trinajstić information content (AvgIpc) is 2.96. The van der Waals surface area contributed by atoms with E-state index >= 15 is 0 Å². The van der Waals surface area contributed by atoms with Crippen LogP contribution in [0.15, 0.2) is 40.8 Å². The highest BCUT2D eigenvalue weighted by Crippen LogP contribution is 2.24. The van der Waals surface area contributed by atoms with Crippen molar-refractivity contribution < 1.29 is 4.42 Å². The zero-order valence-electron chi connectivity index (χ0n) is 12.1. The second kappa shape index (κ2) is 7.01. The molecule has 0 unspecified atom stereocenters. The number of nitrogens with zero attached hydrogens (tertiary/aromatic N) is 2. The third-order valence-electron chi connectivity index (χ3n) is 3.25. The van der Waals surface area contributed by atoms with Crippen molar-refractivity contribution in [2.45, 2.75) is 13.8 Å². The monoisotopic (exact) mass is 300 g/mol. The maximum atomic E-state index is 9.32. The summed E-state index contributed by atoms with van der Waals surface area (Å²) in [7, 11) is 0. The van der Waals surface area contributed by atoms with Crippen LogP contribution in [-0.2, 0) is 0 Å². The van der Waals surface area contributed by atoms with Crippen molar-refractivity contribution in [2.75, 3.05) is 18.0 Å². The SMILES string of the molecule is CCN(CC)c1ccc(/C=C(/C#N)c2ccc(Cl)cc2)o1. The molecule has 0 fully saturated rings. The van der Waals surface area contributed by atoms with Gasteiger partial charge in [-0.1, -0.05) is 23.7 Å². The van der Waals surface area contributed by atoms with Crippen LogP contribution in [0.5, 0.6) is 0 Å². The molecule has 3 nitrogen and oxygen atoms in total. The van der Waals surface area contributed by atoms with Gasteiger partial charge in [0, 0.05) is 24.2 Å². The molecule has 1 aromatic carbocycles. The van der Waals surface area contributed by atoms with E-state index in [1.54, 1.807) is 18.2 Å². The highest BCUT2D eigenvalue weighted by molar-refractivity contribution is 6.30. The van der Waals surface area contributed by atoms with Gasteiger partial charge in [0.15, 0.2) is 5.88 Å². The summed E-state index contributed by atoms with van der Waals surface area (Å²) in [4.78, 5) is 2.12. The van der Waals surface area contributed by atoms with Crippen LogP contribution in [0.1, 0.15) is 25.2 Å². The molecule has 4 heteroatoms. The van der Waals surface area contributed by atoms with E-state index in [4.69, 9.17) is 16.0 Å². The van der Waals surface area contributed by atoms with E-state index in [-0.39, 0.29) is 0 Å². The number of hydrogen-bond donors (Lipinski definition) is 0. The van der Waals surface area contributed by atoms with Crippen molar-refractivity contribution in [2.24, 2.45) is 0 Å². The Morgan fingerprint density at radius 1 is 1.19 bits per heavy atom. The van der Waals surface area contributed by atoms with Gasteiger partial charge in [-0.2, -0.15) is 5.26 Å². The van der Waals surface area contributed by atoms with Crippen molar-refractivity contribution in [3.8, 4) is 6.07 Å². The van der Waals surface area contributed by atoms with E-state index in [9.17, 15) is 5.26 Å². The lowest BCUT2D eigenvalue weighted by Crippen LogP contribution is -2.20. The van der Waals surface area contributed by atoms with E-state index < -0.39 is 0 Å². The molecule has 0 atom stereocenters. The van der Waals surface area contributed by atoms with Gasteiger partial charge in [0.25, 0.3) is 0 Å². The van der Waals surface area contributed by atoms with Crippen LogP contribution < -0.4 is 4.90 Å². The quantitative estimate of drug-likeness (QED) is 0.742. The highest BCUT2D eigenvalue weighted by atomic mass is 35.5. The molecule has 0 saturated carbocycles. The minimum atomic E-state index is 0.548. The first-order chi connectivity index (χ1) is 10.2. The highest BCUT2D eigenvalue weighted by Gasteiger charge is 2.08. The predicted octanol–water partition coefficient (Wildman–Crippen LogP) is 4.84. The standard InChI is InChI=1S/C17H17ClN2O/c1-3-20(4-2)17-10-9-16(21-17)11-14(12-19)13-5-7-15(18)8-6-13/h5-11H,3-4H2,1-2H3/b14-11-. The predicted molar refractivity (Wildman–Crippen MR) is 87.2 cm³/mol. The van der Waals surface area contributed by atoms with Crippen molar-refractivity contribution in [1.82, 2.24) is 0 Å². The van der Waals surface area contributed by atoms with Gasteiger partial charge in [0.1, 0.15) is 5.76 Å². The molecule has 2 aromatic rings. The topological polar surface area (TPSA) is 40.2 Å². The molecule has 0 N–H and O–H groups in total. The van der Waals surface area contributed by atoms with Gasteiger partial charge in [0.2, 0.25) is 0 Å². The summed E-state index contributed by atoms with van der Waals surface area (Å²) in [5.41, 5.74) is 1.37. The molecule has 0 spiro atoms. The summed E-state index contributed by atoms with van der Waals surface area (Å²) in [5, 5.41) is 9.97. The largest absolute Gasteiger partial charge is 0.441 e. The van der Waals surface area contributed by atoms with Crippen LogP contribution in [0.3, 0.4) is 0 Å². The minimum Gasteiger partial charge on any atom is -0.441 e. The first-order valence-corrected chi connectivity index (χ1v) is 7.28. The fourth-order valence-corrected chi connectivity index (χ4v) is 2.20. The molecule has 1 aromatic heterocycles. The molecular weight excluding hydrogens is 284 g/mol. The third-order valence-corrected chi connectivity index (χ3v) is 3.50. The molecule has 1 heterocycles. The summed E-state index contributed by atoms with van der Waals surface area (Å²) in [6.07, 6.45) is 1.75. The fourth-order valence-electron chi connectivity index (χ4n) is 2.08. The maximum Gasteiger partial charge on any atom is 0.196 e. The smallest absolute Gasteiger partial charge is 0.196 e. The van der Waals surface area contributed by atoms with Crippen LogP contribution in [0.4, 0.5) is 5.88 Å². The van der Waals surface area contributed by atoms with Crippen LogP contribution in [-0.4, -0.2) is 13.1 Å². The molecule has 0 aliphatic carbocycles. The number of hydrogen-bond acceptors (Lipinski definition) is 3. The Hall–Kier alpha value is -2.18. The molecule has 2 rings (SSSR count). The number of benzene rings is 1. The Bertz CT molecular complexity index is 661. The number of halogens is 1. The first-order valence-electron chi connectivity index (χ1n) is 6.90. The van der Waals surface area contributed by atoms with Crippen LogP contribution in [0.25, 0.3) is 11.6 Å². The van der Waals surface area contributed by atoms with Gasteiger partial charge in [0.05, 0.1) is 11.6 Å². The van der Waals surface area contributed by atoms with Gasteiger partial charge in [-0.3, -0.25) is 0 Å². The summed E-state index contributed by atoms with van der Waals surface area (Å²) in [6.45, 7) is 5.93. The van der Waals surface area contributed by atoms with Crippen LogP contribution in [0.2, 0.25) is 5.02 Å². The Morgan fingerprint density at radius 2 is 1.86 bits per heavy atom. The van der Waals surface area contributed by atoms with E-state index in [2.05, 4.69) is 24.8 Å². The zero-order valence-corrected chi connectivity index (χ0v) is 12.9. The molecule has 0 bridgehead atoms. The molecular formula is C17H17ClN2O. The minimum absolute atomic E-state index is 0.548. The lowest BCUT2D eigenvalue weighted by Gasteiger charge is -2.16. The van der Waals surface area contributed by atoms with E-state index in [1.807, 2.05) is 24.3 Å². The Labute approximate surface area is 130 Å². The van der Waals surface area contributed by atoms with Crippen molar-refractivity contribution in [3.05, 3.63) is 52.7 Å². The molecule has 108 valence electrons. The molecule has 0 aliphatic rings.